The molecule has 2 heterocycles. The van der Waals surface area contributed by atoms with E-state index in [0.717, 1.165) is 32.2 Å². The number of H-pyrrole nitrogens is 1. The summed E-state index contributed by atoms with van der Waals surface area (Å²) in [5.74, 6) is 0.352. The summed E-state index contributed by atoms with van der Waals surface area (Å²) in [6.45, 7) is 1.92. The van der Waals surface area contributed by atoms with Gasteiger partial charge in [-0.3, -0.25) is 0 Å². The summed E-state index contributed by atoms with van der Waals surface area (Å²) < 4.78 is 1.03. The molecular weight excluding hydrogens is 368 g/mol. The highest BCUT2D eigenvalue weighted by Gasteiger charge is 2.08. The second-order valence-electron chi connectivity index (χ2n) is 5.32. The number of aromatic nitrogens is 4. The Labute approximate surface area is 146 Å². The van der Waals surface area contributed by atoms with E-state index < -0.39 is 0 Å². The number of halogens is 1. The second-order valence-corrected chi connectivity index (χ2v) is 6.23. The SMILES string of the molecule is CC(=NNc1nnc2c(n1)[nH]c1ccccc12)c1ccc(Br)cc1. The minimum Gasteiger partial charge on any atom is -0.338 e. The molecule has 7 heteroatoms. The number of rotatable bonds is 3. The van der Waals surface area contributed by atoms with Crippen molar-refractivity contribution in [2.24, 2.45) is 5.10 Å². The minimum absolute atomic E-state index is 0.352. The number of aromatic amines is 1. The van der Waals surface area contributed by atoms with E-state index in [0.29, 0.717) is 11.6 Å². The maximum atomic E-state index is 4.44. The molecular formula is C17H13BrN6. The molecule has 0 spiro atoms. The number of hydrogen-bond acceptors (Lipinski definition) is 5. The van der Waals surface area contributed by atoms with Crippen LogP contribution < -0.4 is 5.43 Å². The lowest BCUT2D eigenvalue weighted by Crippen LogP contribution is -2.03. The fourth-order valence-electron chi connectivity index (χ4n) is 2.46. The van der Waals surface area contributed by atoms with Crippen molar-refractivity contribution in [3.8, 4) is 0 Å². The highest BCUT2D eigenvalue weighted by molar-refractivity contribution is 9.10. The number of nitrogens with zero attached hydrogens (tertiary/aromatic N) is 4. The van der Waals surface area contributed by atoms with Crippen LogP contribution in [0.4, 0.5) is 5.95 Å². The van der Waals surface area contributed by atoms with Crippen LogP contribution in [0.15, 0.2) is 58.1 Å². The van der Waals surface area contributed by atoms with Gasteiger partial charge in [-0.25, -0.2) is 5.43 Å². The predicted molar refractivity (Wildman–Crippen MR) is 99.2 cm³/mol. The van der Waals surface area contributed by atoms with Crippen LogP contribution in [0.25, 0.3) is 22.1 Å². The van der Waals surface area contributed by atoms with Gasteiger partial charge in [-0.05, 0) is 30.7 Å². The van der Waals surface area contributed by atoms with E-state index >= 15 is 0 Å². The third kappa shape index (κ3) is 2.74. The molecule has 2 aromatic carbocycles. The van der Waals surface area contributed by atoms with Gasteiger partial charge in [0.05, 0.1) is 5.71 Å². The van der Waals surface area contributed by atoms with Crippen molar-refractivity contribution in [3.63, 3.8) is 0 Å². The van der Waals surface area contributed by atoms with Crippen LogP contribution in [-0.2, 0) is 0 Å². The van der Waals surface area contributed by atoms with Gasteiger partial charge in [-0.2, -0.15) is 10.1 Å². The number of para-hydroxylation sites is 1. The highest BCUT2D eigenvalue weighted by atomic mass is 79.9. The molecule has 2 aromatic heterocycles. The molecule has 0 unspecified atom stereocenters. The van der Waals surface area contributed by atoms with Gasteiger partial charge in [0.1, 0.15) is 5.52 Å². The molecule has 0 radical (unpaired) electrons. The summed E-state index contributed by atoms with van der Waals surface area (Å²) in [6.07, 6.45) is 0. The van der Waals surface area contributed by atoms with Gasteiger partial charge >= 0.3 is 0 Å². The lowest BCUT2D eigenvalue weighted by atomic mass is 10.1. The summed E-state index contributed by atoms with van der Waals surface area (Å²) in [6, 6.07) is 15.8. The number of anilines is 1. The van der Waals surface area contributed by atoms with Gasteiger partial charge in [0.15, 0.2) is 5.65 Å². The fourth-order valence-corrected chi connectivity index (χ4v) is 2.72. The van der Waals surface area contributed by atoms with Gasteiger partial charge in [-0.15, -0.1) is 10.2 Å². The van der Waals surface area contributed by atoms with Crippen molar-refractivity contribution in [2.45, 2.75) is 6.92 Å². The van der Waals surface area contributed by atoms with Crippen molar-refractivity contribution in [1.29, 1.82) is 0 Å². The summed E-state index contributed by atoms with van der Waals surface area (Å²) in [7, 11) is 0. The average Bonchev–Trinajstić information content (AvgIpc) is 2.98. The zero-order valence-electron chi connectivity index (χ0n) is 12.8. The Morgan fingerprint density at radius 2 is 1.88 bits per heavy atom. The number of fused-ring (bicyclic) bond motifs is 3. The maximum Gasteiger partial charge on any atom is 0.265 e. The Balaban J connectivity index is 1.63. The van der Waals surface area contributed by atoms with Crippen LogP contribution in [0.3, 0.4) is 0 Å². The predicted octanol–water partition coefficient (Wildman–Crippen LogP) is 4.10. The second kappa shape index (κ2) is 6.01. The van der Waals surface area contributed by atoms with Crippen LogP contribution in [0.5, 0.6) is 0 Å². The molecule has 118 valence electrons. The first-order valence-electron chi connectivity index (χ1n) is 7.38. The summed E-state index contributed by atoms with van der Waals surface area (Å²) in [5.41, 5.74) is 7.15. The molecule has 0 bridgehead atoms. The zero-order chi connectivity index (χ0) is 16.5. The van der Waals surface area contributed by atoms with Gasteiger partial charge in [0.25, 0.3) is 5.95 Å². The molecule has 0 fully saturated rings. The van der Waals surface area contributed by atoms with E-state index in [2.05, 4.69) is 46.6 Å². The van der Waals surface area contributed by atoms with Gasteiger partial charge in [0, 0.05) is 15.4 Å². The molecule has 24 heavy (non-hydrogen) atoms. The van der Waals surface area contributed by atoms with E-state index in [4.69, 9.17) is 0 Å². The zero-order valence-corrected chi connectivity index (χ0v) is 14.4. The van der Waals surface area contributed by atoms with Crippen LogP contribution in [-0.4, -0.2) is 25.9 Å². The average molecular weight is 381 g/mol. The molecule has 0 saturated carbocycles. The molecule has 0 aliphatic rings. The normalized spacial score (nSPS) is 12.0. The first kappa shape index (κ1) is 14.8. The summed E-state index contributed by atoms with van der Waals surface area (Å²) in [4.78, 5) is 7.67. The van der Waals surface area contributed by atoms with E-state index in [1.165, 1.54) is 0 Å². The van der Waals surface area contributed by atoms with Crippen molar-refractivity contribution >= 4 is 49.7 Å². The van der Waals surface area contributed by atoms with Gasteiger partial charge in [0.2, 0.25) is 0 Å². The molecule has 0 saturated heterocycles. The summed E-state index contributed by atoms with van der Waals surface area (Å²) in [5, 5.41) is 13.7. The van der Waals surface area contributed by atoms with Crippen LogP contribution in [0.2, 0.25) is 0 Å². The quantitative estimate of drug-likeness (QED) is 0.414. The largest absolute Gasteiger partial charge is 0.338 e. The van der Waals surface area contributed by atoms with Crippen molar-refractivity contribution < 1.29 is 0 Å². The molecule has 2 N–H and O–H groups in total. The third-order valence-electron chi connectivity index (χ3n) is 3.71. The smallest absolute Gasteiger partial charge is 0.265 e. The lowest BCUT2D eigenvalue weighted by Gasteiger charge is -2.02. The van der Waals surface area contributed by atoms with Gasteiger partial charge in [-0.1, -0.05) is 46.3 Å². The highest BCUT2D eigenvalue weighted by Crippen LogP contribution is 2.21. The van der Waals surface area contributed by atoms with E-state index in [-0.39, 0.29) is 0 Å². The standard InChI is InChI=1S/C17H13BrN6/c1-10(11-6-8-12(18)9-7-11)21-23-17-20-16-15(22-24-17)13-4-2-3-5-14(13)19-16/h2-9H,1H3,(H2,19,20,23,24). The van der Waals surface area contributed by atoms with Crippen molar-refractivity contribution in [3.05, 3.63) is 58.6 Å². The Bertz CT molecular complexity index is 1050. The monoisotopic (exact) mass is 380 g/mol. The first-order chi connectivity index (χ1) is 11.7. The minimum atomic E-state index is 0.352. The third-order valence-corrected chi connectivity index (χ3v) is 4.24. The van der Waals surface area contributed by atoms with E-state index in [1.807, 2.05) is 55.5 Å². The molecule has 0 amide bonds. The lowest BCUT2D eigenvalue weighted by molar-refractivity contribution is 1.01. The Kier molecular flexibility index (Phi) is 3.70. The Hall–Kier alpha value is -2.80. The molecule has 0 aliphatic carbocycles. The number of benzene rings is 2. The van der Waals surface area contributed by atoms with E-state index in [1.54, 1.807) is 0 Å². The molecule has 0 aliphatic heterocycles. The topological polar surface area (TPSA) is 78.8 Å². The van der Waals surface area contributed by atoms with Crippen molar-refractivity contribution in [1.82, 2.24) is 20.2 Å². The molecule has 0 atom stereocenters. The number of nitrogens with one attached hydrogen (secondary N) is 2. The van der Waals surface area contributed by atoms with Crippen LogP contribution in [0.1, 0.15) is 12.5 Å². The van der Waals surface area contributed by atoms with Gasteiger partial charge < -0.3 is 4.98 Å². The molecule has 4 rings (SSSR count). The van der Waals surface area contributed by atoms with Crippen LogP contribution in [0, 0.1) is 0 Å². The summed E-state index contributed by atoms with van der Waals surface area (Å²) >= 11 is 3.42. The molecule has 4 aromatic rings. The first-order valence-corrected chi connectivity index (χ1v) is 8.17. The maximum absolute atomic E-state index is 4.44. The van der Waals surface area contributed by atoms with E-state index in [9.17, 15) is 0 Å². The molecule has 6 nitrogen and oxygen atoms in total. The number of hydrazone groups is 1. The van der Waals surface area contributed by atoms with Crippen LogP contribution >= 0.6 is 15.9 Å². The Morgan fingerprint density at radius 1 is 1.08 bits per heavy atom. The fraction of sp³-hybridized carbons (Fsp3) is 0.0588. The number of hydrogen-bond donors (Lipinski definition) is 2. The van der Waals surface area contributed by atoms with Crippen molar-refractivity contribution in [2.75, 3.05) is 5.43 Å². The Morgan fingerprint density at radius 3 is 2.71 bits per heavy atom.